The molecule has 2 aromatic rings. The maximum absolute atomic E-state index is 13.1. The number of benzene rings is 1. The topological polar surface area (TPSA) is 108 Å². The third kappa shape index (κ3) is 6.34. The predicted octanol–water partition coefficient (Wildman–Crippen LogP) is 5.85. The van der Waals surface area contributed by atoms with Crippen LogP contribution in [0.2, 0.25) is 0 Å². The summed E-state index contributed by atoms with van der Waals surface area (Å²) in [6.45, 7) is 8.77. The third-order valence-electron chi connectivity index (χ3n) is 7.44. The van der Waals surface area contributed by atoms with Gasteiger partial charge in [0.25, 0.3) is 0 Å². The number of carbonyl (C=O) groups excluding carboxylic acids is 2. The predicted molar refractivity (Wildman–Crippen MR) is 139 cm³/mol. The zero-order chi connectivity index (χ0) is 25.8. The Hall–Kier alpha value is -3.14. The van der Waals surface area contributed by atoms with Gasteiger partial charge in [-0.15, -0.1) is 0 Å². The molecular formula is C29H38N4O3. The third-order valence-corrected chi connectivity index (χ3v) is 7.44. The summed E-state index contributed by atoms with van der Waals surface area (Å²) in [5.74, 6) is 2.45. The standard InChI is InChI=1S/C29H38N4O3/c1-17(2)11-20-13-22(14-20)29-27(21-6-7-21)28(33-36-29)23(16-31-25(34)9-10-30)15-26(35)32-24-8-5-18(3)12-19(24)4/h5,8,12,17,20-23H,6-7,9,11,13-16H2,1-4H3,(H,31,34)(H,32,35)/t20-,22+,23-/m1/s1. The highest BCUT2D eigenvalue weighted by molar-refractivity contribution is 5.92. The summed E-state index contributed by atoms with van der Waals surface area (Å²) in [7, 11) is 0. The molecule has 0 saturated heterocycles. The largest absolute Gasteiger partial charge is 0.361 e. The Morgan fingerprint density at radius 3 is 2.56 bits per heavy atom. The maximum Gasteiger partial charge on any atom is 0.234 e. The van der Waals surface area contributed by atoms with Crippen molar-refractivity contribution in [1.82, 2.24) is 10.5 Å². The number of anilines is 1. The molecule has 36 heavy (non-hydrogen) atoms. The molecule has 2 N–H and O–H groups in total. The normalized spacial score (nSPS) is 19.9. The van der Waals surface area contributed by atoms with Gasteiger partial charge in [-0.05, 0) is 75.3 Å². The molecule has 2 fully saturated rings. The first kappa shape index (κ1) is 25.9. The fourth-order valence-electron chi connectivity index (χ4n) is 5.52. The van der Waals surface area contributed by atoms with E-state index in [4.69, 9.17) is 9.78 Å². The number of nitriles is 1. The van der Waals surface area contributed by atoms with Crippen LogP contribution in [-0.4, -0.2) is 23.5 Å². The van der Waals surface area contributed by atoms with E-state index in [0.717, 1.165) is 59.9 Å². The van der Waals surface area contributed by atoms with Crippen molar-refractivity contribution in [3.05, 3.63) is 46.3 Å². The molecule has 2 saturated carbocycles. The summed E-state index contributed by atoms with van der Waals surface area (Å²) in [6.07, 6.45) is 5.67. The molecule has 0 bridgehead atoms. The molecular weight excluding hydrogens is 452 g/mol. The van der Waals surface area contributed by atoms with Crippen LogP contribution in [0.4, 0.5) is 5.69 Å². The monoisotopic (exact) mass is 490 g/mol. The Morgan fingerprint density at radius 2 is 1.92 bits per heavy atom. The van der Waals surface area contributed by atoms with E-state index in [9.17, 15) is 9.59 Å². The Labute approximate surface area is 214 Å². The van der Waals surface area contributed by atoms with Crippen LogP contribution in [0.25, 0.3) is 0 Å². The molecule has 0 unspecified atom stereocenters. The number of nitrogens with zero attached hydrogens (tertiary/aromatic N) is 2. The van der Waals surface area contributed by atoms with Gasteiger partial charge in [0, 0.05) is 36.1 Å². The van der Waals surface area contributed by atoms with Gasteiger partial charge in [-0.1, -0.05) is 36.7 Å². The van der Waals surface area contributed by atoms with Crippen LogP contribution in [0.1, 0.15) is 105 Å². The lowest BCUT2D eigenvalue weighted by molar-refractivity contribution is -0.121. The Bertz CT molecular complexity index is 1140. The molecule has 7 heteroatoms. The van der Waals surface area contributed by atoms with Crippen molar-refractivity contribution in [2.75, 3.05) is 11.9 Å². The van der Waals surface area contributed by atoms with E-state index in [1.54, 1.807) is 0 Å². The number of aromatic nitrogens is 1. The highest BCUT2D eigenvalue weighted by Crippen LogP contribution is 2.52. The molecule has 7 nitrogen and oxygen atoms in total. The quantitative estimate of drug-likeness (QED) is 0.411. The lowest BCUT2D eigenvalue weighted by Gasteiger charge is -2.35. The minimum absolute atomic E-state index is 0.131. The number of amides is 2. The number of rotatable bonds is 11. The first-order valence-electron chi connectivity index (χ1n) is 13.2. The van der Waals surface area contributed by atoms with Crippen molar-refractivity contribution in [3.8, 4) is 6.07 Å². The van der Waals surface area contributed by atoms with E-state index in [1.807, 2.05) is 38.1 Å². The number of nitrogens with one attached hydrogen (secondary N) is 2. The number of carbonyl (C=O) groups is 2. The maximum atomic E-state index is 13.1. The van der Waals surface area contributed by atoms with Crippen molar-refractivity contribution in [3.63, 3.8) is 0 Å². The van der Waals surface area contributed by atoms with Gasteiger partial charge in [0.1, 0.15) is 12.2 Å². The average Bonchev–Trinajstić information content (AvgIpc) is 3.54. The fraction of sp³-hybridized carbons (Fsp3) is 0.586. The van der Waals surface area contributed by atoms with Crippen LogP contribution < -0.4 is 10.6 Å². The Morgan fingerprint density at radius 1 is 1.17 bits per heavy atom. The summed E-state index contributed by atoms with van der Waals surface area (Å²) in [5, 5.41) is 19.2. The summed E-state index contributed by atoms with van der Waals surface area (Å²) in [6, 6.07) is 7.81. The summed E-state index contributed by atoms with van der Waals surface area (Å²) in [4.78, 5) is 25.2. The highest BCUT2D eigenvalue weighted by Gasteiger charge is 2.41. The van der Waals surface area contributed by atoms with Gasteiger partial charge in [-0.2, -0.15) is 5.26 Å². The number of aryl methyl sites for hydroxylation is 2. The molecule has 1 heterocycles. The van der Waals surface area contributed by atoms with Gasteiger partial charge in [0.15, 0.2) is 0 Å². The van der Waals surface area contributed by atoms with Crippen LogP contribution in [0.3, 0.4) is 0 Å². The summed E-state index contributed by atoms with van der Waals surface area (Å²) in [5.41, 5.74) is 4.89. The average molecular weight is 491 g/mol. The van der Waals surface area contributed by atoms with E-state index >= 15 is 0 Å². The SMILES string of the molecule is Cc1ccc(NC(=O)C[C@H](CNC(=O)CC#N)c2noc([C@H]3C[C@@H](CC(C)C)C3)c2C2CC2)c(C)c1. The first-order valence-corrected chi connectivity index (χ1v) is 13.2. The van der Waals surface area contributed by atoms with Crippen molar-refractivity contribution in [2.45, 2.75) is 90.4 Å². The van der Waals surface area contributed by atoms with E-state index in [2.05, 4.69) is 29.6 Å². The molecule has 1 aromatic carbocycles. The molecule has 1 atom stereocenters. The first-order chi connectivity index (χ1) is 17.2. The zero-order valence-corrected chi connectivity index (χ0v) is 21.9. The Balaban J connectivity index is 1.53. The van der Waals surface area contributed by atoms with E-state index in [0.29, 0.717) is 17.8 Å². The molecule has 2 amide bonds. The lowest BCUT2D eigenvalue weighted by atomic mass is 9.69. The summed E-state index contributed by atoms with van der Waals surface area (Å²) < 4.78 is 5.98. The van der Waals surface area contributed by atoms with Gasteiger partial charge in [-0.25, -0.2) is 0 Å². The van der Waals surface area contributed by atoms with Gasteiger partial charge < -0.3 is 15.2 Å². The number of hydrogen-bond acceptors (Lipinski definition) is 5. The second kappa shape index (κ2) is 11.3. The van der Waals surface area contributed by atoms with Crippen LogP contribution in [0, 0.1) is 37.0 Å². The molecule has 2 aliphatic rings. The zero-order valence-electron chi connectivity index (χ0n) is 21.9. The van der Waals surface area contributed by atoms with Gasteiger partial charge in [0.2, 0.25) is 11.8 Å². The van der Waals surface area contributed by atoms with Crippen LogP contribution in [-0.2, 0) is 9.59 Å². The van der Waals surface area contributed by atoms with Crippen LogP contribution >= 0.6 is 0 Å². The molecule has 0 spiro atoms. The molecule has 2 aliphatic carbocycles. The smallest absolute Gasteiger partial charge is 0.234 e. The highest BCUT2D eigenvalue weighted by atomic mass is 16.5. The van der Waals surface area contributed by atoms with Crippen molar-refractivity contribution < 1.29 is 14.1 Å². The van der Waals surface area contributed by atoms with Gasteiger partial charge in [-0.3, -0.25) is 9.59 Å². The molecule has 192 valence electrons. The van der Waals surface area contributed by atoms with E-state index in [-0.39, 0.29) is 37.1 Å². The van der Waals surface area contributed by atoms with Gasteiger partial charge >= 0.3 is 0 Å². The molecule has 1 aromatic heterocycles. The van der Waals surface area contributed by atoms with E-state index in [1.165, 1.54) is 12.0 Å². The minimum atomic E-state index is -0.343. The lowest BCUT2D eigenvalue weighted by Crippen LogP contribution is -2.30. The fourth-order valence-corrected chi connectivity index (χ4v) is 5.52. The van der Waals surface area contributed by atoms with Gasteiger partial charge in [0.05, 0.1) is 11.8 Å². The second-order valence-corrected chi connectivity index (χ2v) is 11.2. The summed E-state index contributed by atoms with van der Waals surface area (Å²) >= 11 is 0. The van der Waals surface area contributed by atoms with E-state index < -0.39 is 0 Å². The molecule has 4 rings (SSSR count). The molecule has 0 radical (unpaired) electrons. The Kier molecular flexibility index (Phi) is 8.13. The minimum Gasteiger partial charge on any atom is -0.361 e. The van der Waals surface area contributed by atoms with Crippen LogP contribution in [0.5, 0.6) is 0 Å². The molecule has 0 aliphatic heterocycles. The number of hydrogen-bond donors (Lipinski definition) is 2. The van der Waals surface area contributed by atoms with Crippen molar-refractivity contribution in [1.29, 1.82) is 5.26 Å². The second-order valence-electron chi connectivity index (χ2n) is 11.2. The van der Waals surface area contributed by atoms with Crippen molar-refractivity contribution in [2.24, 2.45) is 11.8 Å². The van der Waals surface area contributed by atoms with Crippen molar-refractivity contribution >= 4 is 17.5 Å². The van der Waals surface area contributed by atoms with Crippen LogP contribution in [0.15, 0.2) is 22.7 Å².